The van der Waals surface area contributed by atoms with Gasteiger partial charge < -0.3 is 24.6 Å². The van der Waals surface area contributed by atoms with Crippen LogP contribution in [0.15, 0.2) is 47.5 Å². The third kappa shape index (κ3) is 10.2. The lowest BCUT2D eigenvalue weighted by Gasteiger charge is -2.41. The Balaban J connectivity index is 1.26. The molecule has 1 aromatic carbocycles. The van der Waals surface area contributed by atoms with Crippen LogP contribution in [-0.4, -0.2) is 110 Å². The number of nitrogens with one attached hydrogen (secondary N) is 1. The number of carbonyl (C=O) groups excluding carboxylic acids is 4. The van der Waals surface area contributed by atoms with Gasteiger partial charge in [0.25, 0.3) is 0 Å². The summed E-state index contributed by atoms with van der Waals surface area (Å²) in [5.41, 5.74) is 2.13. The number of ether oxygens (including phenoxy) is 2. The maximum absolute atomic E-state index is 14.3. The molecule has 3 fully saturated rings. The number of piperidine rings is 1. The van der Waals surface area contributed by atoms with Gasteiger partial charge in [-0.1, -0.05) is 77.4 Å². The SMILES string of the molecule is CC[C@H](C)[C@@H]([C@@H](CC(=O)N1CCC[C@H]1[C@H](OC)[C@@H](C)C(=O)C[C@@H](Cc1ccccc1)C1=NCC=C1)OC)N(C)C(=O)[C@@H](CC(=O)[C@H]1N[C@@H]2CC[C@H]1C2)C(C)C. The number of hydrogen-bond donors (Lipinski definition) is 1. The molecule has 4 aliphatic rings. The van der Waals surface area contributed by atoms with Gasteiger partial charge in [-0.2, -0.15) is 0 Å². The van der Waals surface area contributed by atoms with Crippen LogP contribution in [0, 0.1) is 35.5 Å². The molecule has 1 saturated carbocycles. The maximum Gasteiger partial charge on any atom is 0.226 e. The van der Waals surface area contributed by atoms with Crippen molar-refractivity contribution in [3.05, 3.63) is 48.0 Å². The Morgan fingerprint density at radius 3 is 2.31 bits per heavy atom. The van der Waals surface area contributed by atoms with Gasteiger partial charge in [-0.05, 0) is 67.9 Å². The summed E-state index contributed by atoms with van der Waals surface area (Å²) < 4.78 is 12.2. The van der Waals surface area contributed by atoms with E-state index in [0.29, 0.717) is 31.5 Å². The van der Waals surface area contributed by atoms with Crippen LogP contribution in [0.5, 0.6) is 0 Å². The minimum Gasteiger partial charge on any atom is -0.379 e. The number of ketones is 2. The second-order valence-corrected chi connectivity index (χ2v) is 17.2. The molecule has 304 valence electrons. The topological polar surface area (TPSA) is 118 Å². The zero-order chi connectivity index (χ0) is 39.8. The fourth-order valence-corrected chi connectivity index (χ4v) is 10.0. The number of Topliss-reactive ketones (excluding diaryl/α,β-unsaturated/α-hetero) is 2. The highest BCUT2D eigenvalue weighted by atomic mass is 16.5. The quantitative estimate of drug-likeness (QED) is 0.161. The molecule has 2 amide bonds. The second-order valence-electron chi connectivity index (χ2n) is 17.2. The van der Waals surface area contributed by atoms with E-state index >= 15 is 0 Å². The highest BCUT2D eigenvalue weighted by Gasteiger charge is 2.46. The lowest BCUT2D eigenvalue weighted by atomic mass is 9.83. The molecular weight excluding hydrogens is 693 g/mol. The molecule has 0 spiro atoms. The smallest absolute Gasteiger partial charge is 0.226 e. The number of allylic oxidation sites excluding steroid dienone is 1. The summed E-state index contributed by atoms with van der Waals surface area (Å²) in [5.74, 6) is -0.378. The van der Waals surface area contributed by atoms with Gasteiger partial charge in [-0.25, -0.2) is 0 Å². The van der Waals surface area contributed by atoms with Crippen molar-refractivity contribution < 1.29 is 28.7 Å². The molecule has 0 radical (unpaired) electrons. The number of hydrogen-bond acceptors (Lipinski definition) is 8. The fraction of sp³-hybridized carbons (Fsp3) is 0.711. The zero-order valence-electron chi connectivity index (χ0n) is 34.7. The Bertz CT molecular complexity index is 1530. The predicted molar refractivity (Wildman–Crippen MR) is 217 cm³/mol. The number of benzene rings is 1. The van der Waals surface area contributed by atoms with Gasteiger partial charge in [0.1, 0.15) is 5.78 Å². The summed E-state index contributed by atoms with van der Waals surface area (Å²) in [5, 5.41) is 3.51. The van der Waals surface area contributed by atoms with Crippen LogP contribution in [0.1, 0.15) is 98.0 Å². The van der Waals surface area contributed by atoms with Crippen molar-refractivity contribution in [2.75, 3.05) is 34.4 Å². The zero-order valence-corrected chi connectivity index (χ0v) is 34.7. The van der Waals surface area contributed by atoms with E-state index in [1.54, 1.807) is 19.1 Å². The van der Waals surface area contributed by atoms with Crippen molar-refractivity contribution in [3.63, 3.8) is 0 Å². The van der Waals surface area contributed by atoms with Gasteiger partial charge in [0.05, 0.1) is 43.3 Å². The van der Waals surface area contributed by atoms with Crippen LogP contribution in [-0.2, 0) is 35.1 Å². The number of rotatable bonds is 21. The number of fused-ring (bicyclic) bond motifs is 2. The van der Waals surface area contributed by atoms with E-state index in [9.17, 15) is 19.2 Å². The first kappa shape index (κ1) is 42.9. The number of carbonyl (C=O) groups is 4. The van der Waals surface area contributed by atoms with Crippen LogP contribution < -0.4 is 5.32 Å². The van der Waals surface area contributed by atoms with E-state index in [-0.39, 0.29) is 72.1 Å². The van der Waals surface area contributed by atoms with Crippen LogP contribution in [0.4, 0.5) is 0 Å². The molecule has 1 aromatic rings. The van der Waals surface area contributed by atoms with Gasteiger partial charge >= 0.3 is 0 Å². The number of aliphatic imine (C=N–C) groups is 1. The first-order valence-corrected chi connectivity index (χ1v) is 21.1. The third-order valence-corrected chi connectivity index (χ3v) is 13.5. The summed E-state index contributed by atoms with van der Waals surface area (Å²) in [4.78, 5) is 64.6. The maximum atomic E-state index is 14.3. The molecule has 0 aromatic heterocycles. The molecule has 3 aliphatic heterocycles. The van der Waals surface area contributed by atoms with Gasteiger partial charge in [-0.3, -0.25) is 24.2 Å². The Kier molecular flexibility index (Phi) is 15.4. The molecule has 2 saturated heterocycles. The number of amides is 2. The number of methoxy groups -OCH3 is 2. The Labute approximate surface area is 330 Å². The highest BCUT2D eigenvalue weighted by Crippen LogP contribution is 2.37. The van der Waals surface area contributed by atoms with E-state index in [4.69, 9.17) is 9.47 Å². The molecule has 0 unspecified atom stereocenters. The van der Waals surface area contributed by atoms with E-state index < -0.39 is 24.0 Å². The van der Waals surface area contributed by atoms with Gasteiger partial charge in [0.2, 0.25) is 11.8 Å². The average molecular weight is 761 g/mol. The Morgan fingerprint density at radius 1 is 0.982 bits per heavy atom. The minimum atomic E-state index is -0.549. The summed E-state index contributed by atoms with van der Waals surface area (Å²) >= 11 is 0. The molecule has 10 heteroatoms. The van der Waals surface area contributed by atoms with Crippen molar-refractivity contribution in [3.8, 4) is 0 Å². The molecule has 5 rings (SSSR count). The number of nitrogens with zero attached hydrogens (tertiary/aromatic N) is 3. The fourth-order valence-electron chi connectivity index (χ4n) is 10.0. The standard InChI is InChI=1S/C45H68N4O6/c1-9-29(4)43(48(6)45(53)35(28(2)3)26-39(51)42-32-19-20-34(24-32)47-42)40(54-7)27-41(52)49-22-14-18-37(49)44(55-8)30(5)38(50)25-33(36-17-13-21-46-36)23-31-15-11-10-12-16-31/h10-13,15-17,28-30,32-35,37,40,42-44,47H,9,14,18-27H2,1-8H3/t29-,30-,32-,33+,34+,35-,37-,40+,42-,43-,44+/m0/s1. The first-order chi connectivity index (χ1) is 26.4. The van der Waals surface area contributed by atoms with Crippen molar-refractivity contribution >= 4 is 29.1 Å². The van der Waals surface area contributed by atoms with Crippen molar-refractivity contribution in [2.45, 2.75) is 135 Å². The monoisotopic (exact) mass is 761 g/mol. The number of likely N-dealkylation sites (N-methyl/N-ethyl adjacent to an activating group) is 1. The summed E-state index contributed by atoms with van der Waals surface area (Å²) in [6.45, 7) is 11.4. The van der Waals surface area contributed by atoms with Gasteiger partial charge in [-0.15, -0.1) is 0 Å². The molecular formula is C45H68N4O6. The van der Waals surface area contributed by atoms with Crippen molar-refractivity contribution in [2.24, 2.45) is 40.5 Å². The van der Waals surface area contributed by atoms with Crippen LogP contribution in [0.3, 0.4) is 0 Å². The molecule has 3 heterocycles. The number of likely N-dealkylation sites (tertiary alicyclic amines) is 1. The lowest BCUT2D eigenvalue weighted by Crippen LogP contribution is -2.54. The van der Waals surface area contributed by atoms with Crippen molar-refractivity contribution in [1.29, 1.82) is 0 Å². The molecule has 2 bridgehead atoms. The van der Waals surface area contributed by atoms with E-state index in [1.807, 2.05) is 63.1 Å². The Morgan fingerprint density at radius 2 is 1.73 bits per heavy atom. The molecule has 10 nitrogen and oxygen atoms in total. The summed E-state index contributed by atoms with van der Waals surface area (Å²) in [6.07, 6.45) is 10.1. The summed E-state index contributed by atoms with van der Waals surface area (Å²) in [6, 6.07) is 9.89. The molecule has 55 heavy (non-hydrogen) atoms. The minimum absolute atomic E-state index is 0.0185. The van der Waals surface area contributed by atoms with Crippen LogP contribution in [0.25, 0.3) is 0 Å². The second kappa shape index (κ2) is 19.8. The largest absolute Gasteiger partial charge is 0.379 e. The predicted octanol–water partition coefficient (Wildman–Crippen LogP) is 6.11. The third-order valence-electron chi connectivity index (χ3n) is 13.5. The average Bonchev–Trinajstić information content (AvgIpc) is 4.03. The lowest BCUT2D eigenvalue weighted by molar-refractivity contribution is -0.149. The van der Waals surface area contributed by atoms with Gasteiger partial charge in [0.15, 0.2) is 5.78 Å². The molecule has 1 aliphatic carbocycles. The summed E-state index contributed by atoms with van der Waals surface area (Å²) in [7, 11) is 5.07. The highest BCUT2D eigenvalue weighted by molar-refractivity contribution is 6.01. The van der Waals surface area contributed by atoms with Crippen LogP contribution >= 0.6 is 0 Å². The molecule has 11 atom stereocenters. The van der Waals surface area contributed by atoms with E-state index in [0.717, 1.165) is 50.7 Å². The van der Waals surface area contributed by atoms with Crippen LogP contribution in [0.2, 0.25) is 0 Å². The van der Waals surface area contributed by atoms with E-state index in [1.165, 1.54) is 5.56 Å². The van der Waals surface area contributed by atoms with E-state index in [2.05, 4.69) is 36.3 Å². The first-order valence-electron chi connectivity index (χ1n) is 21.1. The van der Waals surface area contributed by atoms with Crippen molar-refractivity contribution in [1.82, 2.24) is 15.1 Å². The van der Waals surface area contributed by atoms with Gasteiger partial charge in [0, 0.05) is 70.2 Å². The normalized spacial score (nSPS) is 25.7. The Hall–Kier alpha value is -3.21. The molecule has 1 N–H and O–H groups in total.